The number of carbonyl (C=O) groups excluding carboxylic acids is 4. The fourth-order valence-electron chi connectivity index (χ4n) is 10.2. The molecule has 19 heteroatoms. The molecule has 0 aliphatic carbocycles. The molecule has 0 radical (unpaired) electrons. The number of unbranched alkanes of at least 4 members (excludes halogenated alkanes) is 33. The van der Waals surface area contributed by atoms with Crippen LogP contribution in [0.1, 0.15) is 337 Å². The minimum Gasteiger partial charge on any atom is -0.462 e. The van der Waals surface area contributed by atoms with Crippen LogP contribution in [0.15, 0.2) is 0 Å². The van der Waals surface area contributed by atoms with Gasteiger partial charge in [-0.3, -0.25) is 37.3 Å². The summed E-state index contributed by atoms with van der Waals surface area (Å²) in [7, 11) is -9.89. The van der Waals surface area contributed by atoms with Crippen LogP contribution in [-0.4, -0.2) is 96.7 Å². The van der Waals surface area contributed by atoms with E-state index in [9.17, 15) is 43.2 Å². The molecule has 6 atom stereocenters. The first-order chi connectivity index (χ1) is 41.8. The van der Waals surface area contributed by atoms with Crippen LogP contribution >= 0.6 is 15.6 Å². The molecular weight excluding hydrogens is 1150 g/mol. The minimum absolute atomic E-state index is 0.104. The number of esters is 4. The molecule has 0 aromatic heterocycles. The van der Waals surface area contributed by atoms with E-state index >= 15 is 0 Å². The van der Waals surface area contributed by atoms with Gasteiger partial charge in [0, 0.05) is 25.7 Å². The maximum Gasteiger partial charge on any atom is 0.472 e. The van der Waals surface area contributed by atoms with Gasteiger partial charge in [0.1, 0.15) is 19.3 Å². The fourth-order valence-corrected chi connectivity index (χ4v) is 11.7. The van der Waals surface area contributed by atoms with E-state index in [1.165, 1.54) is 141 Å². The summed E-state index contributed by atoms with van der Waals surface area (Å²) in [6.45, 7) is 11.8. The third kappa shape index (κ3) is 61.3. The van der Waals surface area contributed by atoms with Gasteiger partial charge in [-0.05, 0) is 43.4 Å². The highest BCUT2D eigenvalue weighted by Gasteiger charge is 2.30. The Morgan fingerprint density at radius 1 is 0.333 bits per heavy atom. The average Bonchev–Trinajstić information content (AvgIpc) is 3.66. The van der Waals surface area contributed by atoms with E-state index in [0.717, 1.165) is 114 Å². The summed E-state index contributed by atoms with van der Waals surface area (Å²) < 4.78 is 68.0. The zero-order chi connectivity index (χ0) is 64.5. The molecule has 0 aromatic carbocycles. The summed E-state index contributed by atoms with van der Waals surface area (Å²) in [5, 5.41) is 10.5. The van der Waals surface area contributed by atoms with Gasteiger partial charge in [-0.1, -0.05) is 286 Å². The van der Waals surface area contributed by atoms with Crippen molar-refractivity contribution in [2.45, 2.75) is 356 Å². The van der Waals surface area contributed by atoms with E-state index in [2.05, 4.69) is 48.5 Å². The Hall–Kier alpha value is -1.94. The monoisotopic (exact) mass is 1280 g/mol. The van der Waals surface area contributed by atoms with Crippen molar-refractivity contribution < 1.29 is 80.2 Å². The number of carbonyl (C=O) groups is 4. The summed E-state index contributed by atoms with van der Waals surface area (Å²) in [6, 6.07) is 0. The molecule has 0 aromatic rings. The Kier molecular flexibility index (Phi) is 57.8. The highest BCUT2D eigenvalue weighted by atomic mass is 31.2. The number of hydrogen-bond acceptors (Lipinski definition) is 15. The molecule has 0 aliphatic heterocycles. The highest BCUT2D eigenvalue weighted by Crippen LogP contribution is 2.45. The van der Waals surface area contributed by atoms with Gasteiger partial charge in [0.2, 0.25) is 0 Å². The normalized spacial score (nSPS) is 14.6. The third-order valence-corrected chi connectivity index (χ3v) is 17.9. The van der Waals surface area contributed by atoms with E-state index in [1.807, 2.05) is 0 Å². The highest BCUT2D eigenvalue weighted by molar-refractivity contribution is 7.47. The molecular formula is C68H132O17P2. The summed E-state index contributed by atoms with van der Waals surface area (Å²) >= 11 is 0. The van der Waals surface area contributed by atoms with Gasteiger partial charge in [-0.2, -0.15) is 0 Å². The lowest BCUT2D eigenvalue weighted by atomic mass is 9.99. The average molecular weight is 1280 g/mol. The van der Waals surface area contributed by atoms with Crippen molar-refractivity contribution >= 4 is 39.5 Å². The first-order valence-electron chi connectivity index (χ1n) is 35.4. The fraction of sp³-hybridized carbons (Fsp3) is 0.941. The summed E-state index contributed by atoms with van der Waals surface area (Å²) in [4.78, 5) is 72.2. The Morgan fingerprint density at radius 3 is 0.874 bits per heavy atom. The lowest BCUT2D eigenvalue weighted by Crippen LogP contribution is -2.30. The van der Waals surface area contributed by atoms with Gasteiger partial charge in [0.15, 0.2) is 12.2 Å². The predicted octanol–water partition coefficient (Wildman–Crippen LogP) is 19.1. The molecule has 0 rings (SSSR count). The standard InChI is InChI=1S/C68H132O17P2/c1-8-10-11-32-42-49-65(70)78-55-63(84-68(73)52-45-38-31-25-24-28-35-41-48-61(7)9-2)57-82-86(74,75)80-53-62(69)54-81-87(76,77)83-58-64(56-79-66(71)50-43-36-29-22-19-18-21-27-34-40-47-60(5)6)85-67(72)51-44-37-30-23-17-15-13-12-14-16-20-26-33-39-46-59(3)4/h59-64,69H,8-58H2,1-7H3,(H,74,75)(H,76,77)/t61?,62-,63+,64+/m0/s1. The van der Waals surface area contributed by atoms with Crippen molar-refractivity contribution in [2.24, 2.45) is 17.8 Å². The van der Waals surface area contributed by atoms with E-state index in [1.54, 1.807) is 0 Å². The Bertz CT molecular complexity index is 1720. The molecule has 0 spiro atoms. The van der Waals surface area contributed by atoms with Crippen LogP contribution in [-0.2, 0) is 65.4 Å². The van der Waals surface area contributed by atoms with Gasteiger partial charge >= 0.3 is 39.5 Å². The molecule has 516 valence electrons. The van der Waals surface area contributed by atoms with Crippen LogP contribution in [0, 0.1) is 17.8 Å². The minimum atomic E-state index is -4.95. The van der Waals surface area contributed by atoms with Crippen LogP contribution < -0.4 is 0 Å². The van der Waals surface area contributed by atoms with Crippen molar-refractivity contribution in [3.8, 4) is 0 Å². The van der Waals surface area contributed by atoms with Gasteiger partial charge in [-0.25, -0.2) is 9.13 Å². The molecule has 0 bridgehead atoms. The van der Waals surface area contributed by atoms with Crippen molar-refractivity contribution in [3.05, 3.63) is 0 Å². The topological polar surface area (TPSA) is 237 Å². The lowest BCUT2D eigenvalue weighted by molar-refractivity contribution is -0.161. The quantitative estimate of drug-likeness (QED) is 0.0222. The van der Waals surface area contributed by atoms with Crippen molar-refractivity contribution in [1.29, 1.82) is 0 Å². The van der Waals surface area contributed by atoms with E-state index in [-0.39, 0.29) is 25.7 Å². The molecule has 0 saturated heterocycles. The first kappa shape index (κ1) is 85.1. The van der Waals surface area contributed by atoms with E-state index < -0.39 is 97.5 Å². The Balaban J connectivity index is 5.17. The third-order valence-electron chi connectivity index (χ3n) is 16.0. The van der Waals surface area contributed by atoms with Crippen LogP contribution in [0.2, 0.25) is 0 Å². The van der Waals surface area contributed by atoms with Crippen molar-refractivity contribution in [3.63, 3.8) is 0 Å². The molecule has 87 heavy (non-hydrogen) atoms. The van der Waals surface area contributed by atoms with Crippen molar-refractivity contribution in [2.75, 3.05) is 39.6 Å². The van der Waals surface area contributed by atoms with Crippen LogP contribution in [0.25, 0.3) is 0 Å². The second-order valence-electron chi connectivity index (χ2n) is 25.8. The number of phosphoric ester groups is 2. The maximum atomic E-state index is 13.0. The SMILES string of the molecule is CCCCCCCC(=O)OC[C@H](COP(=O)(O)OC[C@H](O)COP(=O)(O)OC[C@@H](COC(=O)CCCCCCCCCCCCC(C)C)OC(=O)CCCCCCCCCCCCCCCCC(C)C)OC(=O)CCCCCCCCCCC(C)CC. The second kappa shape index (κ2) is 59.1. The Labute approximate surface area is 530 Å². The number of aliphatic hydroxyl groups is 1. The van der Waals surface area contributed by atoms with Crippen LogP contribution in [0.3, 0.4) is 0 Å². The molecule has 0 aliphatic rings. The lowest BCUT2D eigenvalue weighted by Gasteiger charge is -2.21. The second-order valence-corrected chi connectivity index (χ2v) is 28.7. The van der Waals surface area contributed by atoms with Crippen molar-refractivity contribution in [1.82, 2.24) is 0 Å². The summed E-state index contributed by atoms with van der Waals surface area (Å²) in [5.74, 6) is 0.183. The number of phosphoric acid groups is 2. The molecule has 3 unspecified atom stereocenters. The maximum absolute atomic E-state index is 13.0. The molecule has 0 fully saturated rings. The number of ether oxygens (including phenoxy) is 4. The number of aliphatic hydroxyl groups excluding tert-OH is 1. The van der Waals surface area contributed by atoms with Gasteiger partial charge in [-0.15, -0.1) is 0 Å². The molecule has 3 N–H and O–H groups in total. The summed E-state index contributed by atoms with van der Waals surface area (Å²) in [6.07, 6.45) is 42.0. The Morgan fingerprint density at radius 2 is 0.586 bits per heavy atom. The van der Waals surface area contributed by atoms with Gasteiger partial charge in [0.25, 0.3) is 0 Å². The molecule has 0 amide bonds. The smallest absolute Gasteiger partial charge is 0.462 e. The van der Waals surface area contributed by atoms with E-state index in [4.69, 9.17) is 37.0 Å². The van der Waals surface area contributed by atoms with Gasteiger partial charge in [0.05, 0.1) is 26.4 Å². The van der Waals surface area contributed by atoms with Crippen LogP contribution in [0.4, 0.5) is 0 Å². The first-order valence-corrected chi connectivity index (χ1v) is 38.4. The number of rotatable bonds is 66. The zero-order valence-electron chi connectivity index (χ0n) is 56.5. The van der Waals surface area contributed by atoms with E-state index in [0.29, 0.717) is 25.7 Å². The molecule has 17 nitrogen and oxygen atoms in total. The summed E-state index contributed by atoms with van der Waals surface area (Å²) in [5.41, 5.74) is 0. The molecule has 0 saturated carbocycles. The zero-order valence-corrected chi connectivity index (χ0v) is 58.3. The number of hydrogen-bond donors (Lipinski definition) is 3. The predicted molar refractivity (Wildman–Crippen MR) is 349 cm³/mol. The molecule has 0 heterocycles. The largest absolute Gasteiger partial charge is 0.472 e. The van der Waals surface area contributed by atoms with Gasteiger partial charge < -0.3 is 33.8 Å². The van der Waals surface area contributed by atoms with Crippen LogP contribution in [0.5, 0.6) is 0 Å².